The lowest BCUT2D eigenvalue weighted by atomic mass is 9.92. The molecule has 1 saturated carbocycles. The second-order valence-electron chi connectivity index (χ2n) is 6.18. The highest BCUT2D eigenvalue weighted by Gasteiger charge is 2.68. The molecule has 0 aromatic carbocycles. The van der Waals surface area contributed by atoms with Gasteiger partial charge in [0.2, 0.25) is 0 Å². The molecule has 0 aliphatic heterocycles. The minimum atomic E-state index is 0.276. The van der Waals surface area contributed by atoms with Crippen molar-refractivity contribution in [2.45, 2.75) is 46.1 Å². The van der Waals surface area contributed by atoms with Gasteiger partial charge in [0.15, 0.2) is 0 Å². The number of nitrogens with one attached hydrogen (secondary N) is 1. The Hall–Kier alpha value is -0.0500. The summed E-state index contributed by atoms with van der Waals surface area (Å²) in [4.78, 5) is 0. The zero-order chi connectivity index (χ0) is 12.8. The molecular formula is C14H22ClNS. The van der Waals surface area contributed by atoms with Crippen LogP contribution in [0.5, 0.6) is 0 Å². The predicted octanol–water partition coefficient (Wildman–Crippen LogP) is 4.31. The fraction of sp³-hybridized carbons (Fsp3) is 0.714. The van der Waals surface area contributed by atoms with Crippen LogP contribution in [-0.4, -0.2) is 12.6 Å². The Morgan fingerprint density at radius 1 is 1.41 bits per heavy atom. The van der Waals surface area contributed by atoms with Gasteiger partial charge in [-0.1, -0.05) is 46.2 Å². The molecule has 1 aliphatic rings. The zero-order valence-electron chi connectivity index (χ0n) is 11.3. The van der Waals surface area contributed by atoms with Gasteiger partial charge >= 0.3 is 0 Å². The normalized spacial score (nSPS) is 30.9. The van der Waals surface area contributed by atoms with Crippen LogP contribution in [-0.2, 0) is 5.41 Å². The summed E-state index contributed by atoms with van der Waals surface area (Å²) in [5.41, 5.74) is 2.05. The summed E-state index contributed by atoms with van der Waals surface area (Å²) in [7, 11) is 0. The summed E-state index contributed by atoms with van der Waals surface area (Å²) >= 11 is 7.71. The maximum Gasteiger partial charge on any atom is 0.0931 e. The fourth-order valence-corrected chi connectivity index (χ4v) is 4.07. The maximum atomic E-state index is 6.07. The molecule has 1 aromatic heterocycles. The van der Waals surface area contributed by atoms with E-state index in [1.165, 1.54) is 5.56 Å². The van der Waals surface area contributed by atoms with Crippen LogP contribution in [0.3, 0.4) is 0 Å². The van der Waals surface area contributed by atoms with Crippen LogP contribution in [0.25, 0.3) is 0 Å². The lowest BCUT2D eigenvalue weighted by Gasteiger charge is -2.13. The van der Waals surface area contributed by atoms with Crippen LogP contribution >= 0.6 is 22.9 Å². The lowest BCUT2D eigenvalue weighted by molar-refractivity contribution is 0.489. The van der Waals surface area contributed by atoms with Gasteiger partial charge in [-0.05, 0) is 34.9 Å². The van der Waals surface area contributed by atoms with Crippen molar-refractivity contribution in [2.24, 2.45) is 11.3 Å². The first-order valence-corrected chi connectivity index (χ1v) is 7.53. The van der Waals surface area contributed by atoms with Gasteiger partial charge in [0, 0.05) is 11.5 Å². The molecule has 2 rings (SSSR count). The highest BCUT2D eigenvalue weighted by atomic mass is 35.5. The summed E-state index contributed by atoms with van der Waals surface area (Å²) in [5.74, 6) is 0.697. The van der Waals surface area contributed by atoms with Crippen LogP contribution in [0.2, 0.25) is 4.34 Å². The van der Waals surface area contributed by atoms with E-state index in [0.717, 1.165) is 10.9 Å². The van der Waals surface area contributed by atoms with Crippen molar-refractivity contribution in [1.29, 1.82) is 0 Å². The third-order valence-corrected chi connectivity index (χ3v) is 5.81. The van der Waals surface area contributed by atoms with Crippen molar-refractivity contribution in [3.8, 4) is 0 Å². The van der Waals surface area contributed by atoms with Crippen molar-refractivity contribution in [2.75, 3.05) is 6.54 Å². The standard InChI is InChI=1S/C14H22ClNS/c1-9(2)16-7-11-13(3,4)14(11,5)10-6-12(15)17-8-10/h6,8-9,11,16H,7H2,1-5H3. The van der Waals surface area contributed by atoms with Gasteiger partial charge in [0.1, 0.15) is 0 Å². The molecule has 1 fully saturated rings. The Kier molecular flexibility index (Phi) is 3.35. The van der Waals surface area contributed by atoms with Crippen molar-refractivity contribution in [3.05, 3.63) is 21.3 Å². The number of hydrogen-bond donors (Lipinski definition) is 1. The monoisotopic (exact) mass is 271 g/mol. The molecule has 17 heavy (non-hydrogen) atoms. The molecule has 0 saturated heterocycles. The first-order valence-electron chi connectivity index (χ1n) is 6.28. The van der Waals surface area contributed by atoms with E-state index in [1.54, 1.807) is 11.3 Å². The van der Waals surface area contributed by atoms with E-state index in [1.807, 2.05) is 0 Å². The van der Waals surface area contributed by atoms with E-state index in [-0.39, 0.29) is 5.41 Å². The Bertz CT molecular complexity index is 410. The van der Waals surface area contributed by atoms with Gasteiger partial charge in [0.25, 0.3) is 0 Å². The smallest absolute Gasteiger partial charge is 0.0931 e. The average molecular weight is 272 g/mol. The van der Waals surface area contributed by atoms with E-state index in [2.05, 4.69) is 51.4 Å². The van der Waals surface area contributed by atoms with Crippen molar-refractivity contribution < 1.29 is 0 Å². The van der Waals surface area contributed by atoms with Crippen LogP contribution in [0.4, 0.5) is 0 Å². The number of halogens is 1. The number of thiophene rings is 1. The highest BCUT2D eigenvalue weighted by Crippen LogP contribution is 2.69. The first-order chi connectivity index (χ1) is 7.80. The van der Waals surface area contributed by atoms with Crippen LogP contribution in [0.15, 0.2) is 11.4 Å². The van der Waals surface area contributed by atoms with E-state index in [4.69, 9.17) is 11.6 Å². The summed E-state index contributed by atoms with van der Waals surface area (Å²) in [6.07, 6.45) is 0. The zero-order valence-corrected chi connectivity index (χ0v) is 12.9. The summed E-state index contributed by atoms with van der Waals surface area (Å²) in [6.45, 7) is 12.6. The van der Waals surface area contributed by atoms with Gasteiger partial charge in [0.05, 0.1) is 4.34 Å². The second kappa shape index (κ2) is 4.25. The molecule has 2 unspecified atom stereocenters. The Morgan fingerprint density at radius 3 is 2.53 bits per heavy atom. The molecule has 0 spiro atoms. The highest BCUT2D eigenvalue weighted by molar-refractivity contribution is 7.14. The molecule has 1 heterocycles. The number of hydrogen-bond acceptors (Lipinski definition) is 2. The maximum absolute atomic E-state index is 6.07. The minimum absolute atomic E-state index is 0.276. The summed E-state index contributed by atoms with van der Waals surface area (Å²) in [6, 6.07) is 2.70. The predicted molar refractivity (Wildman–Crippen MR) is 77.1 cm³/mol. The molecule has 1 N–H and O–H groups in total. The number of rotatable bonds is 4. The largest absolute Gasteiger partial charge is 0.314 e. The Morgan fingerprint density at radius 2 is 2.06 bits per heavy atom. The van der Waals surface area contributed by atoms with E-state index < -0.39 is 0 Å². The van der Waals surface area contributed by atoms with Gasteiger partial charge in [-0.15, -0.1) is 11.3 Å². The Balaban J connectivity index is 2.15. The van der Waals surface area contributed by atoms with Gasteiger partial charge in [-0.25, -0.2) is 0 Å². The fourth-order valence-electron chi connectivity index (χ4n) is 3.07. The van der Waals surface area contributed by atoms with Gasteiger partial charge in [-0.3, -0.25) is 0 Å². The molecule has 0 radical (unpaired) electrons. The molecule has 1 nitrogen and oxygen atoms in total. The third-order valence-electron chi connectivity index (χ3n) is 4.72. The van der Waals surface area contributed by atoms with E-state index in [9.17, 15) is 0 Å². The molecule has 2 atom stereocenters. The molecule has 3 heteroatoms. The van der Waals surface area contributed by atoms with Crippen molar-refractivity contribution in [3.63, 3.8) is 0 Å². The summed E-state index contributed by atoms with van der Waals surface area (Å²) < 4.78 is 0.902. The lowest BCUT2D eigenvalue weighted by Crippen LogP contribution is -2.27. The first kappa shape index (κ1) is 13.4. The van der Waals surface area contributed by atoms with E-state index >= 15 is 0 Å². The minimum Gasteiger partial charge on any atom is -0.314 e. The topological polar surface area (TPSA) is 12.0 Å². The van der Waals surface area contributed by atoms with Gasteiger partial charge in [-0.2, -0.15) is 0 Å². The molecule has 1 aliphatic carbocycles. The molecule has 96 valence electrons. The molecule has 0 bridgehead atoms. The second-order valence-corrected chi connectivity index (χ2v) is 7.72. The van der Waals surface area contributed by atoms with Crippen LogP contribution in [0.1, 0.15) is 40.2 Å². The van der Waals surface area contributed by atoms with Crippen molar-refractivity contribution >= 4 is 22.9 Å². The SMILES string of the molecule is CC(C)NCC1C(C)(C)C1(C)c1csc(Cl)c1. The van der Waals surface area contributed by atoms with Crippen molar-refractivity contribution in [1.82, 2.24) is 5.32 Å². The van der Waals surface area contributed by atoms with Gasteiger partial charge < -0.3 is 5.32 Å². The van der Waals surface area contributed by atoms with Crippen LogP contribution in [0, 0.1) is 11.3 Å². The molecular weight excluding hydrogens is 250 g/mol. The third kappa shape index (κ3) is 2.05. The van der Waals surface area contributed by atoms with E-state index in [0.29, 0.717) is 17.4 Å². The van der Waals surface area contributed by atoms with Crippen LogP contribution < -0.4 is 5.32 Å². The quantitative estimate of drug-likeness (QED) is 0.860. The average Bonchev–Trinajstić information content (AvgIpc) is 2.57. The Labute approximate surface area is 114 Å². The molecule has 1 aromatic rings. The summed E-state index contributed by atoms with van der Waals surface area (Å²) in [5, 5.41) is 5.79. The molecule has 0 amide bonds.